The predicted octanol–water partition coefficient (Wildman–Crippen LogP) is 2.24. The first-order valence-corrected chi connectivity index (χ1v) is 9.34. The number of carbonyl (C=O) groups excluding carboxylic acids is 1. The highest BCUT2D eigenvalue weighted by Crippen LogP contribution is 2.26. The molecule has 0 aliphatic rings. The minimum atomic E-state index is -0.551. The van der Waals surface area contributed by atoms with Crippen LogP contribution in [-0.4, -0.2) is 24.6 Å². The SMILES string of the molecule is CC[C@H](C)c1ccccc1NC(=O)Cn1c(Cl)nc2c1c(=O)n(C)c(=O)n2C. The third-order valence-corrected chi connectivity index (χ3v) is 5.27. The summed E-state index contributed by atoms with van der Waals surface area (Å²) in [5.74, 6) is -0.0520. The Morgan fingerprint density at radius 2 is 1.89 bits per heavy atom. The van der Waals surface area contributed by atoms with Crippen LogP contribution in [0, 0.1) is 0 Å². The van der Waals surface area contributed by atoms with E-state index in [9.17, 15) is 14.4 Å². The van der Waals surface area contributed by atoms with E-state index >= 15 is 0 Å². The Hall–Kier alpha value is -2.87. The van der Waals surface area contributed by atoms with Gasteiger partial charge in [0.1, 0.15) is 6.54 Å². The van der Waals surface area contributed by atoms with Gasteiger partial charge in [0.05, 0.1) is 0 Å². The van der Waals surface area contributed by atoms with Crippen LogP contribution >= 0.6 is 11.6 Å². The van der Waals surface area contributed by atoms with E-state index in [-0.39, 0.29) is 34.8 Å². The molecule has 148 valence electrons. The van der Waals surface area contributed by atoms with E-state index in [1.54, 1.807) is 0 Å². The van der Waals surface area contributed by atoms with Crippen molar-refractivity contribution in [2.75, 3.05) is 5.32 Å². The molecular weight excluding hydrogens is 382 g/mol. The molecule has 0 saturated heterocycles. The largest absolute Gasteiger partial charge is 0.332 e. The molecule has 1 amide bonds. The molecule has 2 heterocycles. The molecule has 0 bridgehead atoms. The van der Waals surface area contributed by atoms with Gasteiger partial charge in [-0.05, 0) is 35.6 Å². The topological polar surface area (TPSA) is 90.9 Å². The molecule has 0 fully saturated rings. The van der Waals surface area contributed by atoms with E-state index in [0.717, 1.165) is 22.2 Å². The van der Waals surface area contributed by atoms with E-state index in [2.05, 4.69) is 24.1 Å². The highest BCUT2D eigenvalue weighted by atomic mass is 35.5. The Morgan fingerprint density at radius 1 is 1.21 bits per heavy atom. The van der Waals surface area contributed by atoms with Gasteiger partial charge in [0.15, 0.2) is 11.2 Å². The summed E-state index contributed by atoms with van der Waals surface area (Å²) in [7, 11) is 2.87. The average molecular weight is 404 g/mol. The van der Waals surface area contributed by atoms with E-state index < -0.39 is 11.2 Å². The lowest BCUT2D eigenvalue weighted by Crippen LogP contribution is -2.37. The zero-order valence-electron chi connectivity index (χ0n) is 16.2. The normalized spacial score (nSPS) is 12.3. The minimum Gasteiger partial charge on any atom is -0.324 e. The summed E-state index contributed by atoms with van der Waals surface area (Å²) in [6.45, 7) is 3.98. The first kappa shape index (κ1) is 19.9. The van der Waals surface area contributed by atoms with Gasteiger partial charge in [-0.2, -0.15) is 4.98 Å². The maximum atomic E-state index is 12.7. The molecule has 9 heteroatoms. The van der Waals surface area contributed by atoms with Gasteiger partial charge in [-0.15, -0.1) is 0 Å². The van der Waals surface area contributed by atoms with Crippen LogP contribution in [0.1, 0.15) is 31.7 Å². The van der Waals surface area contributed by atoms with Gasteiger partial charge in [-0.1, -0.05) is 32.0 Å². The molecule has 28 heavy (non-hydrogen) atoms. The number of aryl methyl sites for hydroxylation is 1. The van der Waals surface area contributed by atoms with Crippen molar-refractivity contribution < 1.29 is 4.79 Å². The van der Waals surface area contributed by atoms with Crippen LogP contribution in [0.25, 0.3) is 11.2 Å². The van der Waals surface area contributed by atoms with Crippen molar-refractivity contribution in [1.82, 2.24) is 18.7 Å². The fourth-order valence-electron chi connectivity index (χ4n) is 3.16. The predicted molar refractivity (Wildman–Crippen MR) is 109 cm³/mol. The van der Waals surface area contributed by atoms with E-state index in [1.165, 1.54) is 23.2 Å². The summed E-state index contributed by atoms with van der Waals surface area (Å²) in [6.07, 6.45) is 0.939. The number of halogens is 1. The van der Waals surface area contributed by atoms with Crippen molar-refractivity contribution in [1.29, 1.82) is 0 Å². The lowest BCUT2D eigenvalue weighted by Gasteiger charge is -2.16. The molecule has 3 rings (SSSR count). The maximum absolute atomic E-state index is 12.7. The van der Waals surface area contributed by atoms with Crippen LogP contribution in [0.4, 0.5) is 5.69 Å². The third kappa shape index (κ3) is 3.35. The minimum absolute atomic E-state index is 0.0290. The number of nitrogens with zero attached hydrogens (tertiary/aromatic N) is 4. The van der Waals surface area contributed by atoms with Crippen LogP contribution in [0.3, 0.4) is 0 Å². The van der Waals surface area contributed by atoms with Crippen molar-refractivity contribution >= 4 is 34.4 Å². The van der Waals surface area contributed by atoms with Gasteiger partial charge >= 0.3 is 5.69 Å². The molecule has 0 unspecified atom stereocenters. The Balaban J connectivity index is 1.99. The second kappa shape index (κ2) is 7.63. The number of para-hydroxylation sites is 1. The van der Waals surface area contributed by atoms with Crippen molar-refractivity contribution in [2.24, 2.45) is 14.1 Å². The molecule has 1 aromatic carbocycles. The number of benzene rings is 1. The molecule has 1 N–H and O–H groups in total. The van der Waals surface area contributed by atoms with Crippen molar-refractivity contribution in [3.05, 3.63) is 56.0 Å². The second-order valence-corrected chi connectivity index (χ2v) is 7.13. The summed E-state index contributed by atoms with van der Waals surface area (Å²) in [4.78, 5) is 41.4. The zero-order valence-corrected chi connectivity index (χ0v) is 16.9. The highest BCUT2D eigenvalue weighted by molar-refractivity contribution is 6.29. The second-order valence-electron chi connectivity index (χ2n) is 6.79. The van der Waals surface area contributed by atoms with Crippen molar-refractivity contribution in [2.45, 2.75) is 32.7 Å². The molecule has 0 aliphatic heterocycles. The summed E-state index contributed by atoms with van der Waals surface area (Å²) in [6, 6.07) is 7.61. The lowest BCUT2D eigenvalue weighted by molar-refractivity contribution is -0.116. The Morgan fingerprint density at radius 3 is 2.57 bits per heavy atom. The number of anilines is 1. The fourth-order valence-corrected chi connectivity index (χ4v) is 3.38. The molecule has 8 nitrogen and oxygen atoms in total. The molecule has 0 radical (unpaired) electrons. The summed E-state index contributed by atoms with van der Waals surface area (Å²) < 4.78 is 3.52. The number of rotatable bonds is 5. The Kier molecular flexibility index (Phi) is 5.42. The molecule has 0 spiro atoms. The average Bonchev–Trinajstić information content (AvgIpc) is 3.00. The van der Waals surface area contributed by atoms with Crippen LogP contribution in [0.5, 0.6) is 0 Å². The molecule has 3 aromatic rings. The van der Waals surface area contributed by atoms with Gasteiger partial charge < -0.3 is 5.32 Å². The maximum Gasteiger partial charge on any atom is 0.332 e. The molecule has 2 aromatic heterocycles. The number of hydrogen-bond acceptors (Lipinski definition) is 4. The van der Waals surface area contributed by atoms with E-state index in [0.29, 0.717) is 0 Å². The van der Waals surface area contributed by atoms with Gasteiger partial charge in [0.25, 0.3) is 5.56 Å². The fraction of sp³-hybridized carbons (Fsp3) is 0.368. The number of carbonyl (C=O) groups is 1. The highest BCUT2D eigenvalue weighted by Gasteiger charge is 2.20. The number of imidazole rings is 1. The number of fused-ring (bicyclic) bond motifs is 1. The van der Waals surface area contributed by atoms with Crippen LogP contribution in [-0.2, 0) is 25.4 Å². The van der Waals surface area contributed by atoms with Gasteiger partial charge in [-0.3, -0.25) is 23.3 Å². The third-order valence-electron chi connectivity index (χ3n) is 4.98. The van der Waals surface area contributed by atoms with Crippen LogP contribution in [0.2, 0.25) is 5.28 Å². The number of amides is 1. The Labute approximate surface area is 166 Å². The molecule has 0 saturated carbocycles. The number of hydrogen-bond donors (Lipinski definition) is 1. The monoisotopic (exact) mass is 403 g/mol. The number of nitrogens with one attached hydrogen (secondary N) is 1. The van der Waals surface area contributed by atoms with E-state index in [4.69, 9.17) is 11.6 Å². The van der Waals surface area contributed by atoms with Crippen LogP contribution < -0.4 is 16.6 Å². The Bertz CT molecular complexity index is 1170. The van der Waals surface area contributed by atoms with E-state index in [1.807, 2.05) is 24.3 Å². The standard InChI is InChI=1S/C19H22ClN5O3/c1-5-11(2)12-8-6-7-9-13(12)21-14(26)10-25-15-16(22-18(25)20)23(3)19(28)24(4)17(15)27/h6-9,11H,5,10H2,1-4H3,(H,21,26)/t11-/m0/s1. The summed E-state index contributed by atoms with van der Waals surface area (Å²) in [5.41, 5.74) is 0.961. The van der Waals surface area contributed by atoms with Crippen LogP contribution in [0.15, 0.2) is 33.9 Å². The first-order chi connectivity index (χ1) is 13.3. The smallest absolute Gasteiger partial charge is 0.324 e. The first-order valence-electron chi connectivity index (χ1n) is 8.96. The van der Waals surface area contributed by atoms with Gasteiger partial charge in [-0.25, -0.2) is 4.79 Å². The molecule has 0 aliphatic carbocycles. The van der Waals surface area contributed by atoms with Gasteiger partial charge in [0, 0.05) is 19.8 Å². The van der Waals surface area contributed by atoms with Crippen molar-refractivity contribution in [3.8, 4) is 0 Å². The zero-order chi connectivity index (χ0) is 20.6. The number of aromatic nitrogens is 4. The van der Waals surface area contributed by atoms with Crippen molar-refractivity contribution in [3.63, 3.8) is 0 Å². The quantitative estimate of drug-likeness (QED) is 0.661. The van der Waals surface area contributed by atoms with Gasteiger partial charge in [0.2, 0.25) is 11.2 Å². The summed E-state index contributed by atoms with van der Waals surface area (Å²) >= 11 is 6.18. The summed E-state index contributed by atoms with van der Waals surface area (Å²) in [5, 5.41) is 2.86. The lowest BCUT2D eigenvalue weighted by atomic mass is 9.97. The molecular formula is C19H22ClN5O3. The molecule has 1 atom stereocenters.